The van der Waals surface area contributed by atoms with Crippen LogP contribution in [0.3, 0.4) is 0 Å². The summed E-state index contributed by atoms with van der Waals surface area (Å²) in [7, 11) is 1.69. The summed E-state index contributed by atoms with van der Waals surface area (Å²) in [5.74, 6) is 0.697. The van der Waals surface area contributed by atoms with Crippen LogP contribution in [-0.4, -0.2) is 31.3 Å². The van der Waals surface area contributed by atoms with Crippen LogP contribution in [0, 0.1) is 0 Å². The third-order valence-corrected chi connectivity index (χ3v) is 2.76. The van der Waals surface area contributed by atoms with E-state index in [0.29, 0.717) is 25.1 Å². The summed E-state index contributed by atoms with van der Waals surface area (Å²) in [5, 5.41) is 3.37. The van der Waals surface area contributed by atoms with Gasteiger partial charge in [0.25, 0.3) is 0 Å². The first kappa shape index (κ1) is 15.4. The Morgan fingerprint density at radius 3 is 2.83 bits per heavy atom. The summed E-state index contributed by atoms with van der Waals surface area (Å²) in [6.45, 7) is 6.31. The molecule has 5 heteroatoms. The summed E-state index contributed by atoms with van der Waals surface area (Å²) < 4.78 is 11.6. The Hall–Kier alpha value is -0.650. The second-order valence-electron chi connectivity index (χ2n) is 4.35. The van der Waals surface area contributed by atoms with E-state index >= 15 is 0 Å². The van der Waals surface area contributed by atoms with Crippen molar-refractivity contribution in [3.05, 3.63) is 22.3 Å². The van der Waals surface area contributed by atoms with Crippen molar-refractivity contribution in [3.8, 4) is 5.88 Å². The lowest BCUT2D eigenvalue weighted by atomic mass is 10.2. The van der Waals surface area contributed by atoms with Gasteiger partial charge in [0.15, 0.2) is 0 Å². The highest BCUT2D eigenvalue weighted by Crippen LogP contribution is 2.20. The van der Waals surface area contributed by atoms with E-state index in [9.17, 15) is 0 Å². The van der Waals surface area contributed by atoms with Crippen molar-refractivity contribution < 1.29 is 9.47 Å². The number of aromatic nitrogens is 1. The monoisotopic (exact) mass is 316 g/mol. The van der Waals surface area contributed by atoms with Gasteiger partial charge in [0, 0.05) is 49.0 Å². The highest BCUT2D eigenvalue weighted by molar-refractivity contribution is 9.10. The van der Waals surface area contributed by atoms with E-state index in [2.05, 4.69) is 40.1 Å². The first-order valence-corrected chi connectivity index (χ1v) is 6.92. The molecule has 102 valence electrons. The number of nitrogens with zero attached hydrogens (tertiary/aromatic N) is 1. The predicted molar refractivity (Wildman–Crippen MR) is 75.9 cm³/mol. The first-order valence-electron chi connectivity index (χ1n) is 6.13. The summed E-state index contributed by atoms with van der Waals surface area (Å²) >= 11 is 3.43. The average molecular weight is 317 g/mol. The van der Waals surface area contributed by atoms with Crippen molar-refractivity contribution in [3.63, 3.8) is 0 Å². The van der Waals surface area contributed by atoms with Crippen molar-refractivity contribution in [2.24, 2.45) is 0 Å². The molecule has 0 aliphatic carbocycles. The Kier molecular flexibility index (Phi) is 7.23. The minimum absolute atomic E-state index is 0.435. The van der Waals surface area contributed by atoms with Crippen LogP contribution in [0.15, 0.2) is 16.7 Å². The number of methoxy groups -OCH3 is 1. The lowest BCUT2D eigenvalue weighted by molar-refractivity contribution is 0.170. The molecular formula is C13H21BrN2O2. The summed E-state index contributed by atoms with van der Waals surface area (Å²) in [5.41, 5.74) is 1.07. The molecule has 0 atom stereocenters. The molecule has 18 heavy (non-hydrogen) atoms. The van der Waals surface area contributed by atoms with E-state index in [0.717, 1.165) is 23.0 Å². The molecule has 0 aliphatic heterocycles. The maximum absolute atomic E-state index is 5.67. The molecule has 0 saturated heterocycles. The zero-order chi connectivity index (χ0) is 13.4. The molecule has 0 spiro atoms. The van der Waals surface area contributed by atoms with Crippen LogP contribution >= 0.6 is 15.9 Å². The van der Waals surface area contributed by atoms with Gasteiger partial charge in [-0.3, -0.25) is 0 Å². The van der Waals surface area contributed by atoms with Crippen LogP contribution in [-0.2, 0) is 11.3 Å². The molecule has 0 amide bonds. The third-order valence-electron chi connectivity index (χ3n) is 2.32. The van der Waals surface area contributed by atoms with Crippen LogP contribution in [0.5, 0.6) is 5.88 Å². The topological polar surface area (TPSA) is 43.4 Å². The van der Waals surface area contributed by atoms with Crippen molar-refractivity contribution in [2.75, 3.05) is 20.3 Å². The maximum atomic E-state index is 5.67. The Balaban J connectivity index is 2.58. The van der Waals surface area contributed by atoms with E-state index in [-0.39, 0.29) is 0 Å². The summed E-state index contributed by atoms with van der Waals surface area (Å²) in [4.78, 5) is 4.30. The highest BCUT2D eigenvalue weighted by atomic mass is 79.9. The maximum Gasteiger partial charge on any atom is 0.217 e. The Labute approximate surface area is 117 Å². The number of ether oxygens (including phenoxy) is 2. The van der Waals surface area contributed by atoms with Crippen LogP contribution in [0.1, 0.15) is 25.8 Å². The molecule has 1 N–H and O–H groups in total. The van der Waals surface area contributed by atoms with Crippen LogP contribution in [0.4, 0.5) is 0 Å². The van der Waals surface area contributed by atoms with E-state index in [1.807, 2.05) is 6.07 Å². The quantitative estimate of drug-likeness (QED) is 0.749. The Morgan fingerprint density at radius 2 is 2.17 bits per heavy atom. The molecular weight excluding hydrogens is 296 g/mol. The van der Waals surface area contributed by atoms with Crippen molar-refractivity contribution in [2.45, 2.75) is 32.9 Å². The molecule has 0 saturated carbocycles. The zero-order valence-electron chi connectivity index (χ0n) is 11.2. The Bertz CT molecular complexity index is 359. The molecule has 0 aliphatic rings. The molecule has 0 aromatic carbocycles. The van der Waals surface area contributed by atoms with Gasteiger partial charge in [0.05, 0.1) is 6.61 Å². The predicted octanol–water partition coefficient (Wildman–Crippen LogP) is 2.76. The number of rotatable bonds is 8. The normalized spacial score (nSPS) is 10.9. The molecule has 1 aromatic heterocycles. The molecule has 1 rings (SSSR count). The fraction of sp³-hybridized carbons (Fsp3) is 0.615. The van der Waals surface area contributed by atoms with E-state index in [1.165, 1.54) is 0 Å². The van der Waals surface area contributed by atoms with Crippen molar-refractivity contribution >= 4 is 15.9 Å². The molecule has 0 bridgehead atoms. The van der Waals surface area contributed by atoms with Gasteiger partial charge >= 0.3 is 0 Å². The number of pyridine rings is 1. The van der Waals surface area contributed by atoms with Gasteiger partial charge in [-0.2, -0.15) is 0 Å². The standard InChI is InChI=1S/C13H21BrN2O2/c1-10(2)15-8-11-7-12(14)9-16-13(11)18-6-4-5-17-3/h7,9-10,15H,4-6,8H2,1-3H3. The minimum Gasteiger partial charge on any atom is -0.477 e. The van der Waals surface area contributed by atoms with Gasteiger partial charge in [-0.05, 0) is 22.0 Å². The lowest BCUT2D eigenvalue weighted by Crippen LogP contribution is -2.22. The SMILES string of the molecule is COCCCOc1ncc(Br)cc1CNC(C)C. The van der Waals surface area contributed by atoms with Crippen molar-refractivity contribution in [1.29, 1.82) is 0 Å². The average Bonchev–Trinajstić information content (AvgIpc) is 2.34. The fourth-order valence-corrected chi connectivity index (χ4v) is 1.79. The van der Waals surface area contributed by atoms with Gasteiger partial charge < -0.3 is 14.8 Å². The number of hydrogen-bond donors (Lipinski definition) is 1. The van der Waals surface area contributed by atoms with E-state index in [4.69, 9.17) is 9.47 Å². The largest absolute Gasteiger partial charge is 0.477 e. The van der Waals surface area contributed by atoms with Crippen LogP contribution < -0.4 is 10.1 Å². The zero-order valence-corrected chi connectivity index (χ0v) is 12.8. The van der Waals surface area contributed by atoms with Gasteiger partial charge in [-0.1, -0.05) is 13.8 Å². The molecule has 1 heterocycles. The summed E-state index contributed by atoms with van der Waals surface area (Å²) in [6.07, 6.45) is 2.62. The van der Waals surface area contributed by atoms with Gasteiger partial charge in [0.1, 0.15) is 0 Å². The third kappa shape index (κ3) is 5.80. The lowest BCUT2D eigenvalue weighted by Gasteiger charge is -2.13. The molecule has 0 fully saturated rings. The number of halogens is 1. The first-order chi connectivity index (χ1) is 8.63. The van der Waals surface area contributed by atoms with Gasteiger partial charge in [-0.15, -0.1) is 0 Å². The summed E-state index contributed by atoms with van der Waals surface area (Å²) in [6, 6.07) is 2.47. The molecule has 4 nitrogen and oxygen atoms in total. The molecule has 0 radical (unpaired) electrons. The second kappa shape index (κ2) is 8.45. The Morgan fingerprint density at radius 1 is 1.39 bits per heavy atom. The second-order valence-corrected chi connectivity index (χ2v) is 5.26. The minimum atomic E-state index is 0.435. The molecule has 0 unspecified atom stereocenters. The number of nitrogens with one attached hydrogen (secondary N) is 1. The van der Waals surface area contributed by atoms with Gasteiger partial charge in [0.2, 0.25) is 5.88 Å². The van der Waals surface area contributed by atoms with Gasteiger partial charge in [-0.25, -0.2) is 4.98 Å². The molecule has 1 aromatic rings. The van der Waals surface area contributed by atoms with Crippen LogP contribution in [0.2, 0.25) is 0 Å². The van der Waals surface area contributed by atoms with Crippen molar-refractivity contribution in [1.82, 2.24) is 10.3 Å². The highest BCUT2D eigenvalue weighted by Gasteiger charge is 2.07. The fourth-order valence-electron chi connectivity index (χ4n) is 1.41. The van der Waals surface area contributed by atoms with E-state index in [1.54, 1.807) is 13.3 Å². The number of hydrogen-bond acceptors (Lipinski definition) is 4. The smallest absolute Gasteiger partial charge is 0.217 e. The van der Waals surface area contributed by atoms with E-state index < -0.39 is 0 Å². The van der Waals surface area contributed by atoms with Crippen LogP contribution in [0.25, 0.3) is 0 Å².